The molecule has 0 aliphatic heterocycles. The maximum atomic E-state index is 13.4. The molecule has 2 aromatic heterocycles. The average Bonchev–Trinajstić information content (AvgIpc) is 2.65. The minimum Gasteiger partial charge on any atom is -0.345 e. The van der Waals surface area contributed by atoms with Crippen LogP contribution < -0.4 is 5.32 Å². The Balaban J connectivity index is 2.02. The van der Waals surface area contributed by atoms with Gasteiger partial charge >= 0.3 is 6.18 Å². The predicted octanol–water partition coefficient (Wildman–Crippen LogP) is 3.76. The van der Waals surface area contributed by atoms with Gasteiger partial charge in [-0.25, -0.2) is 4.98 Å². The molecule has 0 spiro atoms. The molecule has 3 rings (SSSR count). The molecule has 0 atom stereocenters. The quantitative estimate of drug-likeness (QED) is 0.761. The van der Waals surface area contributed by atoms with Crippen molar-refractivity contribution in [2.24, 2.45) is 0 Å². The fourth-order valence-electron chi connectivity index (χ4n) is 2.65. The molecule has 0 aliphatic rings. The first-order valence-electron chi connectivity index (χ1n) is 7.90. The SMILES string of the molecule is Cc1cc(C(=O)NCc2ccccn2)nc2c(C(F)(F)F)cc(C#N)cc12. The van der Waals surface area contributed by atoms with Gasteiger partial charge in [-0.05, 0) is 42.8 Å². The fraction of sp³-hybridized carbons (Fsp3) is 0.158. The summed E-state index contributed by atoms with van der Waals surface area (Å²) in [5, 5.41) is 11.8. The fourth-order valence-corrected chi connectivity index (χ4v) is 2.65. The topological polar surface area (TPSA) is 78.7 Å². The van der Waals surface area contributed by atoms with Gasteiger partial charge in [-0.15, -0.1) is 0 Å². The average molecular weight is 370 g/mol. The van der Waals surface area contributed by atoms with Crippen molar-refractivity contribution in [2.45, 2.75) is 19.6 Å². The number of hydrogen-bond donors (Lipinski definition) is 1. The van der Waals surface area contributed by atoms with Crippen LogP contribution in [0.5, 0.6) is 0 Å². The van der Waals surface area contributed by atoms with Gasteiger partial charge in [0.15, 0.2) is 0 Å². The zero-order chi connectivity index (χ0) is 19.6. The first-order chi connectivity index (χ1) is 12.8. The summed E-state index contributed by atoms with van der Waals surface area (Å²) in [5.41, 5.74) is -0.620. The van der Waals surface area contributed by atoms with Gasteiger partial charge in [-0.2, -0.15) is 18.4 Å². The van der Waals surface area contributed by atoms with E-state index in [1.807, 2.05) is 0 Å². The first-order valence-corrected chi connectivity index (χ1v) is 7.90. The lowest BCUT2D eigenvalue weighted by molar-refractivity contribution is -0.136. The number of hydrogen-bond acceptors (Lipinski definition) is 4. The van der Waals surface area contributed by atoms with Gasteiger partial charge in [0, 0.05) is 11.6 Å². The van der Waals surface area contributed by atoms with E-state index in [1.54, 1.807) is 37.4 Å². The molecule has 0 aliphatic carbocycles. The maximum absolute atomic E-state index is 13.4. The summed E-state index contributed by atoms with van der Waals surface area (Å²) in [7, 11) is 0. The number of nitriles is 1. The summed E-state index contributed by atoms with van der Waals surface area (Å²) in [4.78, 5) is 20.4. The Morgan fingerprint density at radius 2 is 2.04 bits per heavy atom. The van der Waals surface area contributed by atoms with E-state index in [9.17, 15) is 18.0 Å². The van der Waals surface area contributed by atoms with E-state index in [0.717, 1.165) is 6.07 Å². The molecule has 1 N–H and O–H groups in total. The summed E-state index contributed by atoms with van der Waals surface area (Å²) in [6.07, 6.45) is -3.13. The van der Waals surface area contributed by atoms with Gasteiger partial charge in [0.1, 0.15) is 5.69 Å². The second-order valence-corrected chi connectivity index (χ2v) is 5.86. The molecule has 27 heavy (non-hydrogen) atoms. The van der Waals surface area contributed by atoms with Crippen molar-refractivity contribution in [2.75, 3.05) is 0 Å². The molecule has 5 nitrogen and oxygen atoms in total. The first kappa shape index (κ1) is 18.3. The molecule has 1 amide bonds. The third-order valence-corrected chi connectivity index (χ3v) is 3.94. The summed E-state index contributed by atoms with van der Waals surface area (Å²) >= 11 is 0. The molecule has 0 saturated carbocycles. The second-order valence-electron chi connectivity index (χ2n) is 5.86. The highest BCUT2D eigenvalue weighted by molar-refractivity contribution is 5.97. The van der Waals surface area contributed by atoms with Gasteiger partial charge in [0.25, 0.3) is 5.91 Å². The number of halogens is 3. The number of carbonyl (C=O) groups excluding carboxylic acids is 1. The minimum atomic E-state index is -4.70. The van der Waals surface area contributed by atoms with E-state index in [4.69, 9.17) is 5.26 Å². The third kappa shape index (κ3) is 3.87. The molecule has 8 heteroatoms. The third-order valence-electron chi connectivity index (χ3n) is 3.94. The molecule has 3 aromatic rings. The molecular weight excluding hydrogens is 357 g/mol. The lowest BCUT2D eigenvalue weighted by Gasteiger charge is -2.13. The van der Waals surface area contributed by atoms with Crippen LogP contribution in [0.25, 0.3) is 10.9 Å². The monoisotopic (exact) mass is 370 g/mol. The number of pyridine rings is 2. The Hall–Kier alpha value is -3.47. The number of nitrogens with one attached hydrogen (secondary N) is 1. The standard InChI is InChI=1S/C19H13F3N4O/c1-11-6-16(18(27)25-10-13-4-2-3-5-24-13)26-17-14(11)7-12(9-23)8-15(17)19(20,21)22/h2-8H,10H2,1H3,(H,25,27). The van der Waals surface area contributed by atoms with E-state index in [-0.39, 0.29) is 28.7 Å². The molecule has 136 valence electrons. The van der Waals surface area contributed by atoms with Gasteiger partial charge in [0.2, 0.25) is 0 Å². The lowest BCUT2D eigenvalue weighted by atomic mass is 10.0. The Labute approximate surface area is 152 Å². The normalized spacial score (nSPS) is 11.2. The molecule has 0 fully saturated rings. The van der Waals surface area contributed by atoms with Crippen molar-refractivity contribution in [1.82, 2.24) is 15.3 Å². The zero-order valence-electron chi connectivity index (χ0n) is 14.1. The highest BCUT2D eigenvalue weighted by Crippen LogP contribution is 2.36. The van der Waals surface area contributed by atoms with Crippen LogP contribution in [-0.4, -0.2) is 15.9 Å². The van der Waals surface area contributed by atoms with Crippen LogP contribution >= 0.6 is 0 Å². The van der Waals surface area contributed by atoms with Crippen LogP contribution in [0.2, 0.25) is 0 Å². The minimum absolute atomic E-state index is 0.118. The van der Waals surface area contributed by atoms with E-state index in [1.165, 1.54) is 12.1 Å². The highest BCUT2D eigenvalue weighted by atomic mass is 19.4. The van der Waals surface area contributed by atoms with Gasteiger partial charge in [0.05, 0.1) is 35.0 Å². The molecular formula is C19H13F3N4O. The predicted molar refractivity (Wildman–Crippen MR) is 91.6 cm³/mol. The number of nitrogens with zero attached hydrogens (tertiary/aromatic N) is 3. The second kappa shape index (κ2) is 7.03. The number of rotatable bonds is 3. The Bertz CT molecular complexity index is 1060. The zero-order valence-corrected chi connectivity index (χ0v) is 14.1. The van der Waals surface area contributed by atoms with E-state index in [0.29, 0.717) is 11.3 Å². The van der Waals surface area contributed by atoms with Crippen molar-refractivity contribution in [1.29, 1.82) is 5.26 Å². The Morgan fingerprint density at radius 1 is 1.26 bits per heavy atom. The van der Waals surface area contributed by atoms with E-state index in [2.05, 4.69) is 15.3 Å². The van der Waals surface area contributed by atoms with Crippen molar-refractivity contribution in [3.8, 4) is 6.07 Å². The van der Waals surface area contributed by atoms with Crippen LogP contribution in [0.4, 0.5) is 13.2 Å². The van der Waals surface area contributed by atoms with Crippen LogP contribution in [0, 0.1) is 18.3 Å². The number of alkyl halides is 3. The maximum Gasteiger partial charge on any atom is 0.418 e. The summed E-state index contributed by atoms with van der Waals surface area (Å²) in [6.45, 7) is 1.69. The van der Waals surface area contributed by atoms with Gasteiger partial charge in [-0.3, -0.25) is 9.78 Å². The highest BCUT2D eigenvalue weighted by Gasteiger charge is 2.34. The van der Waals surface area contributed by atoms with Crippen LogP contribution in [0.15, 0.2) is 42.6 Å². The van der Waals surface area contributed by atoms with Crippen molar-refractivity contribution in [3.05, 3.63) is 70.7 Å². The Kier molecular flexibility index (Phi) is 4.77. The van der Waals surface area contributed by atoms with Gasteiger partial charge < -0.3 is 5.32 Å². The van der Waals surface area contributed by atoms with Gasteiger partial charge in [-0.1, -0.05) is 6.07 Å². The molecule has 0 radical (unpaired) electrons. The number of aryl methyl sites for hydroxylation is 1. The summed E-state index contributed by atoms with van der Waals surface area (Å²) in [6, 6.07) is 10.4. The van der Waals surface area contributed by atoms with Crippen molar-refractivity contribution in [3.63, 3.8) is 0 Å². The molecule has 0 bridgehead atoms. The Morgan fingerprint density at radius 3 is 2.67 bits per heavy atom. The number of carbonyl (C=O) groups is 1. The largest absolute Gasteiger partial charge is 0.418 e. The molecule has 0 unspecified atom stereocenters. The summed E-state index contributed by atoms with van der Waals surface area (Å²) < 4.78 is 40.2. The smallest absolute Gasteiger partial charge is 0.345 e. The van der Waals surface area contributed by atoms with Crippen LogP contribution in [0.1, 0.15) is 32.9 Å². The molecule has 1 aromatic carbocycles. The number of fused-ring (bicyclic) bond motifs is 1. The van der Waals surface area contributed by atoms with Crippen LogP contribution in [0.3, 0.4) is 0 Å². The number of benzene rings is 1. The number of amides is 1. The molecule has 0 saturated heterocycles. The van der Waals surface area contributed by atoms with Crippen molar-refractivity contribution >= 4 is 16.8 Å². The van der Waals surface area contributed by atoms with Crippen molar-refractivity contribution < 1.29 is 18.0 Å². The van der Waals surface area contributed by atoms with E-state index < -0.39 is 17.6 Å². The van der Waals surface area contributed by atoms with E-state index >= 15 is 0 Å². The molecule has 2 heterocycles. The van der Waals surface area contributed by atoms with Crippen LogP contribution in [-0.2, 0) is 12.7 Å². The number of aromatic nitrogens is 2. The summed E-state index contributed by atoms with van der Waals surface area (Å²) in [5.74, 6) is -0.608. The lowest BCUT2D eigenvalue weighted by Crippen LogP contribution is -2.24.